The van der Waals surface area contributed by atoms with E-state index in [0.717, 1.165) is 6.42 Å². The van der Waals surface area contributed by atoms with Crippen molar-refractivity contribution >= 4 is 11.8 Å². The summed E-state index contributed by atoms with van der Waals surface area (Å²) in [5, 5.41) is 12.0. The predicted octanol–water partition coefficient (Wildman–Crippen LogP) is 0.629. The highest BCUT2D eigenvalue weighted by Gasteiger charge is 2.33. The molecule has 2 unspecified atom stereocenters. The fourth-order valence-corrected chi connectivity index (χ4v) is 2.52. The maximum Gasteiger partial charge on any atom is 0.254 e. The van der Waals surface area contributed by atoms with Crippen LogP contribution in [0.25, 0.3) is 0 Å². The van der Waals surface area contributed by atoms with Crippen molar-refractivity contribution in [3.05, 3.63) is 24.2 Å². The lowest BCUT2D eigenvalue weighted by molar-refractivity contribution is -0.132. The third-order valence-electron chi connectivity index (χ3n) is 3.80. The van der Waals surface area contributed by atoms with Gasteiger partial charge in [0.1, 0.15) is 6.26 Å². The van der Waals surface area contributed by atoms with E-state index in [0.29, 0.717) is 18.0 Å². The summed E-state index contributed by atoms with van der Waals surface area (Å²) in [6.07, 6.45) is 3.95. The average Bonchev–Trinajstić information content (AvgIpc) is 3.07. The maximum absolute atomic E-state index is 12.1. The molecule has 0 saturated carbocycles. The average molecular weight is 280 g/mol. The number of carbonyl (C=O) groups is 2. The van der Waals surface area contributed by atoms with E-state index in [9.17, 15) is 14.7 Å². The van der Waals surface area contributed by atoms with Gasteiger partial charge in [-0.3, -0.25) is 9.59 Å². The number of rotatable bonds is 5. The third kappa shape index (κ3) is 3.19. The first-order valence-corrected chi connectivity index (χ1v) is 6.84. The van der Waals surface area contributed by atoms with Crippen LogP contribution in [0.5, 0.6) is 0 Å². The lowest BCUT2D eigenvalue weighted by Gasteiger charge is -2.25. The van der Waals surface area contributed by atoms with Gasteiger partial charge >= 0.3 is 0 Å². The summed E-state index contributed by atoms with van der Waals surface area (Å²) in [6, 6.07) is 1.48. The topological polar surface area (TPSA) is 82.8 Å². The molecule has 1 aliphatic rings. The van der Waals surface area contributed by atoms with Crippen molar-refractivity contribution < 1.29 is 19.1 Å². The lowest BCUT2D eigenvalue weighted by atomic mass is 10.0. The third-order valence-corrected chi connectivity index (χ3v) is 3.80. The van der Waals surface area contributed by atoms with Crippen molar-refractivity contribution in [3.63, 3.8) is 0 Å². The van der Waals surface area contributed by atoms with Gasteiger partial charge < -0.3 is 19.7 Å². The Hall–Kier alpha value is -1.82. The molecule has 2 rings (SSSR count). The molecule has 1 fully saturated rings. The van der Waals surface area contributed by atoms with Crippen LogP contribution < -0.4 is 5.32 Å². The first-order valence-electron chi connectivity index (χ1n) is 6.84. The quantitative estimate of drug-likeness (QED) is 0.828. The number of hydrogen-bond acceptors (Lipinski definition) is 4. The van der Waals surface area contributed by atoms with Crippen molar-refractivity contribution in [1.82, 2.24) is 10.2 Å². The van der Waals surface area contributed by atoms with E-state index < -0.39 is 0 Å². The predicted molar refractivity (Wildman–Crippen MR) is 72.0 cm³/mol. The highest BCUT2D eigenvalue weighted by atomic mass is 16.3. The summed E-state index contributed by atoms with van der Waals surface area (Å²) in [6.45, 7) is 3.00. The molecule has 1 aromatic rings. The van der Waals surface area contributed by atoms with E-state index in [1.54, 1.807) is 11.0 Å². The van der Waals surface area contributed by atoms with Crippen molar-refractivity contribution in [2.75, 3.05) is 19.7 Å². The molecule has 110 valence electrons. The van der Waals surface area contributed by atoms with Gasteiger partial charge in [-0.2, -0.15) is 0 Å². The minimum atomic E-state index is -0.250. The van der Waals surface area contributed by atoms with Gasteiger partial charge in [0.05, 0.1) is 24.5 Å². The number of nitrogens with zero attached hydrogens (tertiary/aromatic N) is 1. The van der Waals surface area contributed by atoms with Crippen molar-refractivity contribution in [3.8, 4) is 0 Å². The van der Waals surface area contributed by atoms with Crippen LogP contribution >= 0.6 is 0 Å². The van der Waals surface area contributed by atoms with Crippen molar-refractivity contribution in [2.45, 2.75) is 25.8 Å². The van der Waals surface area contributed by atoms with Gasteiger partial charge in [0.2, 0.25) is 5.91 Å². The molecule has 1 saturated heterocycles. The van der Waals surface area contributed by atoms with Gasteiger partial charge in [-0.05, 0) is 18.4 Å². The molecular weight excluding hydrogens is 260 g/mol. The van der Waals surface area contributed by atoms with E-state index in [2.05, 4.69) is 5.32 Å². The standard InChI is InChI=1S/C14H20N2O4/c1-10-3-6-16(12(10)8-17)13(18)2-5-15-14(19)11-4-7-20-9-11/h4,7,9-10,12,17H,2-3,5-6,8H2,1H3,(H,15,19). The van der Waals surface area contributed by atoms with E-state index in [4.69, 9.17) is 4.42 Å². The summed E-state index contributed by atoms with van der Waals surface area (Å²) in [7, 11) is 0. The molecule has 0 bridgehead atoms. The normalized spacial score (nSPS) is 22.0. The van der Waals surface area contributed by atoms with Crippen LogP contribution in [-0.4, -0.2) is 47.6 Å². The number of furan rings is 1. The molecule has 2 atom stereocenters. The van der Waals surface area contributed by atoms with Crippen LogP contribution in [-0.2, 0) is 4.79 Å². The minimum absolute atomic E-state index is 0.00567. The lowest BCUT2D eigenvalue weighted by Crippen LogP contribution is -2.41. The number of aliphatic hydroxyl groups is 1. The molecule has 0 spiro atoms. The Balaban J connectivity index is 1.77. The molecule has 0 aromatic carbocycles. The summed E-state index contributed by atoms with van der Waals surface area (Å²) >= 11 is 0. The van der Waals surface area contributed by atoms with E-state index in [-0.39, 0.29) is 37.4 Å². The number of likely N-dealkylation sites (tertiary alicyclic amines) is 1. The minimum Gasteiger partial charge on any atom is -0.472 e. The zero-order chi connectivity index (χ0) is 14.5. The second-order valence-electron chi connectivity index (χ2n) is 5.12. The fraction of sp³-hybridized carbons (Fsp3) is 0.571. The highest BCUT2D eigenvalue weighted by molar-refractivity contribution is 5.94. The molecule has 1 aromatic heterocycles. The first kappa shape index (κ1) is 14.6. The number of amides is 2. The molecule has 2 amide bonds. The fourth-order valence-electron chi connectivity index (χ4n) is 2.52. The van der Waals surface area contributed by atoms with E-state index in [1.165, 1.54) is 12.5 Å². The van der Waals surface area contributed by atoms with Gasteiger partial charge in [0.25, 0.3) is 5.91 Å². The Morgan fingerprint density at radius 3 is 3.00 bits per heavy atom. The SMILES string of the molecule is CC1CCN(C(=O)CCNC(=O)c2ccoc2)C1CO. The molecule has 0 aliphatic carbocycles. The number of carbonyl (C=O) groups excluding carboxylic acids is 2. The van der Waals surface area contributed by atoms with Crippen LogP contribution in [0.4, 0.5) is 0 Å². The Labute approximate surface area is 117 Å². The number of aliphatic hydroxyl groups excluding tert-OH is 1. The molecule has 2 N–H and O–H groups in total. The molecule has 0 radical (unpaired) electrons. The van der Waals surface area contributed by atoms with E-state index >= 15 is 0 Å². The van der Waals surface area contributed by atoms with E-state index in [1.807, 2.05) is 6.92 Å². The number of nitrogens with one attached hydrogen (secondary N) is 1. The molecule has 20 heavy (non-hydrogen) atoms. The van der Waals surface area contributed by atoms with Gasteiger partial charge in [-0.25, -0.2) is 0 Å². The summed E-state index contributed by atoms with van der Waals surface area (Å²) in [5.41, 5.74) is 0.445. The monoisotopic (exact) mass is 280 g/mol. The summed E-state index contributed by atoms with van der Waals surface area (Å²) in [5.74, 6) is 0.0467. The Kier molecular flexibility index (Phi) is 4.79. The zero-order valence-corrected chi connectivity index (χ0v) is 11.5. The van der Waals surface area contributed by atoms with Crippen molar-refractivity contribution in [2.24, 2.45) is 5.92 Å². The summed E-state index contributed by atoms with van der Waals surface area (Å²) < 4.78 is 4.82. The molecule has 1 aliphatic heterocycles. The Morgan fingerprint density at radius 1 is 1.55 bits per heavy atom. The highest BCUT2D eigenvalue weighted by Crippen LogP contribution is 2.23. The van der Waals surface area contributed by atoms with Crippen LogP contribution in [0.1, 0.15) is 30.1 Å². The van der Waals surface area contributed by atoms with Crippen LogP contribution in [0.3, 0.4) is 0 Å². The van der Waals surface area contributed by atoms with Crippen LogP contribution in [0.2, 0.25) is 0 Å². The molecule has 2 heterocycles. The maximum atomic E-state index is 12.1. The van der Waals surface area contributed by atoms with Gasteiger partial charge in [-0.15, -0.1) is 0 Å². The Bertz CT molecular complexity index is 458. The van der Waals surface area contributed by atoms with Gasteiger partial charge in [0.15, 0.2) is 0 Å². The molecule has 6 heteroatoms. The molecular formula is C14H20N2O4. The summed E-state index contributed by atoms with van der Waals surface area (Å²) in [4.78, 5) is 25.4. The smallest absolute Gasteiger partial charge is 0.254 e. The van der Waals surface area contributed by atoms with Gasteiger partial charge in [0, 0.05) is 19.5 Å². The zero-order valence-electron chi connectivity index (χ0n) is 11.5. The second-order valence-corrected chi connectivity index (χ2v) is 5.12. The Morgan fingerprint density at radius 2 is 2.35 bits per heavy atom. The number of hydrogen-bond donors (Lipinski definition) is 2. The largest absolute Gasteiger partial charge is 0.472 e. The van der Waals surface area contributed by atoms with Crippen molar-refractivity contribution in [1.29, 1.82) is 0 Å². The second kappa shape index (κ2) is 6.56. The first-order chi connectivity index (χ1) is 9.63. The van der Waals surface area contributed by atoms with Gasteiger partial charge in [-0.1, -0.05) is 6.92 Å². The molecule has 6 nitrogen and oxygen atoms in total. The van der Waals surface area contributed by atoms with Crippen LogP contribution in [0.15, 0.2) is 23.0 Å². The van der Waals surface area contributed by atoms with Crippen LogP contribution in [0, 0.1) is 5.92 Å².